The SMILES string of the molecule is CC(C)(C)OC(=O)NC1(c2ccc(-c3c(-c4ccc5ncccc5c4)nc4n3-c3cccnc3Nc3ccccc3-4)cc2)CCC1. The molecule has 8 heteroatoms. The maximum atomic E-state index is 12.8. The van der Waals surface area contributed by atoms with Gasteiger partial charge in [0.15, 0.2) is 5.82 Å². The van der Waals surface area contributed by atoms with Gasteiger partial charge in [-0.05, 0) is 88.1 Å². The number of nitrogens with zero attached hydrogens (tertiary/aromatic N) is 4. The molecule has 3 aromatic carbocycles. The van der Waals surface area contributed by atoms with Crippen molar-refractivity contribution in [2.24, 2.45) is 0 Å². The van der Waals surface area contributed by atoms with Crippen LogP contribution in [0.2, 0.25) is 0 Å². The molecular formula is C38H34N6O2. The maximum Gasteiger partial charge on any atom is 0.408 e. The molecule has 1 aliphatic heterocycles. The molecular weight excluding hydrogens is 572 g/mol. The van der Waals surface area contributed by atoms with Gasteiger partial charge in [0.05, 0.1) is 33.8 Å². The Morgan fingerprint density at radius 3 is 2.43 bits per heavy atom. The van der Waals surface area contributed by atoms with Gasteiger partial charge in [0.1, 0.15) is 11.4 Å². The summed E-state index contributed by atoms with van der Waals surface area (Å²) in [4.78, 5) is 27.5. The summed E-state index contributed by atoms with van der Waals surface area (Å²) in [5.74, 6) is 1.59. The van der Waals surface area contributed by atoms with Crippen molar-refractivity contribution in [3.05, 3.63) is 109 Å². The average molecular weight is 607 g/mol. The minimum atomic E-state index is -0.563. The summed E-state index contributed by atoms with van der Waals surface area (Å²) >= 11 is 0. The highest BCUT2D eigenvalue weighted by Crippen LogP contribution is 2.46. The van der Waals surface area contributed by atoms with E-state index in [2.05, 4.69) is 86.9 Å². The summed E-state index contributed by atoms with van der Waals surface area (Å²) in [6, 6.07) is 31.1. The standard InChI is InChI=1S/C38H34N6O2/c1-37(2,3)46-36(45)43-38(19-8-20-38)27-16-13-24(14-17-27)33-32(26-15-18-29-25(23-26)9-6-21-39-29)42-35-28-10-4-5-11-30(28)41-34-31(44(33)35)12-7-22-40-34/h4-7,9-18,21-23H,8,19-20H2,1-3H3,(H,40,41)(H,43,45). The maximum absolute atomic E-state index is 12.8. The molecule has 8 rings (SSSR count). The van der Waals surface area contributed by atoms with E-state index < -0.39 is 11.1 Å². The first kappa shape index (κ1) is 28.0. The van der Waals surface area contributed by atoms with Crippen LogP contribution in [-0.4, -0.2) is 31.2 Å². The molecule has 46 heavy (non-hydrogen) atoms. The van der Waals surface area contributed by atoms with E-state index in [0.717, 1.165) is 86.8 Å². The Kier molecular flexibility index (Phi) is 6.42. The van der Waals surface area contributed by atoms with E-state index in [4.69, 9.17) is 14.7 Å². The van der Waals surface area contributed by atoms with Crippen molar-refractivity contribution in [3.8, 4) is 39.6 Å². The molecule has 0 unspecified atom stereocenters. The Balaban J connectivity index is 1.31. The van der Waals surface area contributed by atoms with Crippen LogP contribution in [0.3, 0.4) is 0 Å². The Bertz CT molecular complexity index is 2120. The zero-order valence-electron chi connectivity index (χ0n) is 26.0. The lowest BCUT2D eigenvalue weighted by molar-refractivity contribution is 0.0377. The molecule has 1 fully saturated rings. The Morgan fingerprint density at radius 1 is 0.891 bits per heavy atom. The predicted molar refractivity (Wildman–Crippen MR) is 181 cm³/mol. The predicted octanol–water partition coefficient (Wildman–Crippen LogP) is 8.78. The number of ether oxygens (including phenoxy) is 1. The van der Waals surface area contributed by atoms with Gasteiger partial charge in [-0.25, -0.2) is 14.8 Å². The van der Waals surface area contributed by atoms with Crippen molar-refractivity contribution in [2.45, 2.75) is 51.2 Å². The molecule has 0 bridgehead atoms. The van der Waals surface area contributed by atoms with E-state index in [-0.39, 0.29) is 6.09 Å². The third kappa shape index (κ3) is 4.77. The summed E-state index contributed by atoms with van der Waals surface area (Å²) in [6.07, 6.45) is 6.01. The van der Waals surface area contributed by atoms with E-state index >= 15 is 0 Å². The fraction of sp³-hybridized carbons (Fsp3) is 0.211. The normalized spacial score (nSPS) is 14.6. The third-order valence-corrected chi connectivity index (χ3v) is 8.86. The van der Waals surface area contributed by atoms with Crippen molar-refractivity contribution < 1.29 is 9.53 Å². The van der Waals surface area contributed by atoms with E-state index in [0.29, 0.717) is 0 Å². The number of carbonyl (C=O) groups excluding carboxylic acids is 1. The summed E-state index contributed by atoms with van der Waals surface area (Å²) in [5.41, 5.74) is 7.67. The first-order valence-electron chi connectivity index (χ1n) is 15.7. The van der Waals surface area contributed by atoms with Gasteiger partial charge in [-0.1, -0.05) is 48.5 Å². The fourth-order valence-electron chi connectivity index (χ4n) is 6.58. The molecule has 1 amide bonds. The number of para-hydroxylation sites is 1. The molecule has 2 N–H and O–H groups in total. The molecule has 0 saturated heterocycles. The van der Waals surface area contributed by atoms with Gasteiger partial charge in [0.25, 0.3) is 0 Å². The number of aromatic nitrogens is 4. The molecule has 6 aromatic rings. The van der Waals surface area contributed by atoms with Crippen molar-refractivity contribution in [1.82, 2.24) is 24.8 Å². The highest BCUT2D eigenvalue weighted by molar-refractivity contribution is 5.93. The highest BCUT2D eigenvalue weighted by Gasteiger charge is 2.41. The molecule has 0 atom stereocenters. The van der Waals surface area contributed by atoms with Gasteiger partial charge in [0, 0.05) is 34.5 Å². The number of imidazole rings is 1. The number of fused-ring (bicyclic) bond motifs is 6. The van der Waals surface area contributed by atoms with Gasteiger partial charge in [-0.15, -0.1) is 0 Å². The number of alkyl carbamates (subject to hydrolysis) is 1. The minimum Gasteiger partial charge on any atom is -0.444 e. The van der Waals surface area contributed by atoms with Crippen LogP contribution in [0.4, 0.5) is 16.3 Å². The second-order valence-corrected chi connectivity index (χ2v) is 13.1. The van der Waals surface area contributed by atoms with E-state index in [1.54, 1.807) is 6.20 Å². The highest BCUT2D eigenvalue weighted by atomic mass is 16.6. The molecule has 1 saturated carbocycles. The number of nitrogens with one attached hydrogen (secondary N) is 2. The molecule has 0 spiro atoms. The Hall–Kier alpha value is -5.50. The van der Waals surface area contributed by atoms with E-state index in [1.165, 1.54) is 0 Å². The first-order valence-corrected chi connectivity index (χ1v) is 15.7. The topological polar surface area (TPSA) is 94.0 Å². The second kappa shape index (κ2) is 10.5. The number of carbonyl (C=O) groups is 1. The van der Waals surface area contributed by atoms with Gasteiger partial charge in [-0.2, -0.15) is 0 Å². The van der Waals surface area contributed by atoms with Crippen LogP contribution >= 0.6 is 0 Å². The average Bonchev–Trinajstić information content (AvgIpc) is 3.36. The quantitative estimate of drug-likeness (QED) is 0.208. The number of benzene rings is 3. The fourth-order valence-corrected chi connectivity index (χ4v) is 6.58. The summed E-state index contributed by atoms with van der Waals surface area (Å²) in [7, 11) is 0. The molecule has 2 aliphatic rings. The van der Waals surface area contributed by atoms with Crippen LogP contribution in [0.15, 0.2) is 103 Å². The first-order chi connectivity index (χ1) is 22.3. The van der Waals surface area contributed by atoms with Gasteiger partial charge >= 0.3 is 6.09 Å². The molecule has 8 nitrogen and oxygen atoms in total. The molecule has 1 aliphatic carbocycles. The number of anilines is 2. The lowest BCUT2D eigenvalue weighted by Gasteiger charge is -2.43. The number of hydrogen-bond acceptors (Lipinski definition) is 6. The van der Waals surface area contributed by atoms with Crippen molar-refractivity contribution in [1.29, 1.82) is 0 Å². The molecule has 0 radical (unpaired) electrons. The number of rotatable bonds is 4. The summed E-state index contributed by atoms with van der Waals surface area (Å²) in [6.45, 7) is 5.65. The van der Waals surface area contributed by atoms with Crippen LogP contribution < -0.4 is 10.6 Å². The smallest absolute Gasteiger partial charge is 0.408 e. The Labute approximate surface area is 267 Å². The monoisotopic (exact) mass is 606 g/mol. The van der Waals surface area contributed by atoms with Crippen LogP contribution in [0.25, 0.3) is 50.5 Å². The van der Waals surface area contributed by atoms with Crippen LogP contribution in [0.1, 0.15) is 45.6 Å². The minimum absolute atomic E-state index is 0.388. The second-order valence-electron chi connectivity index (χ2n) is 13.1. The van der Waals surface area contributed by atoms with E-state index in [1.807, 2.05) is 51.2 Å². The van der Waals surface area contributed by atoms with Gasteiger partial charge in [0.2, 0.25) is 0 Å². The lowest BCUT2D eigenvalue weighted by atomic mass is 9.71. The van der Waals surface area contributed by atoms with Gasteiger partial charge < -0.3 is 15.4 Å². The summed E-state index contributed by atoms with van der Waals surface area (Å²) < 4.78 is 7.85. The largest absolute Gasteiger partial charge is 0.444 e. The van der Waals surface area contributed by atoms with Crippen LogP contribution in [0.5, 0.6) is 0 Å². The number of amides is 1. The Morgan fingerprint density at radius 2 is 1.65 bits per heavy atom. The van der Waals surface area contributed by atoms with Gasteiger partial charge in [-0.3, -0.25) is 9.55 Å². The lowest BCUT2D eigenvalue weighted by Crippen LogP contribution is -2.52. The van der Waals surface area contributed by atoms with Crippen LogP contribution in [-0.2, 0) is 10.3 Å². The zero-order chi connectivity index (χ0) is 31.5. The number of hydrogen-bond donors (Lipinski definition) is 2. The molecule has 228 valence electrons. The van der Waals surface area contributed by atoms with Crippen molar-refractivity contribution in [3.63, 3.8) is 0 Å². The zero-order valence-corrected chi connectivity index (χ0v) is 26.0. The molecule has 3 aromatic heterocycles. The van der Waals surface area contributed by atoms with Crippen molar-refractivity contribution in [2.75, 3.05) is 5.32 Å². The molecule has 4 heterocycles. The van der Waals surface area contributed by atoms with Crippen LogP contribution in [0, 0.1) is 0 Å². The number of pyridine rings is 2. The van der Waals surface area contributed by atoms with E-state index in [9.17, 15) is 4.79 Å². The third-order valence-electron chi connectivity index (χ3n) is 8.86. The van der Waals surface area contributed by atoms with Crippen molar-refractivity contribution >= 4 is 28.5 Å². The summed E-state index contributed by atoms with van der Waals surface area (Å²) in [5, 5.41) is 7.79.